The first-order valence-electron chi connectivity index (χ1n) is 13.2. The van der Waals surface area contributed by atoms with Crippen LogP contribution in [0.2, 0.25) is 5.02 Å². The summed E-state index contributed by atoms with van der Waals surface area (Å²) in [6.45, 7) is 0.340. The molecular formula is C30H30ClFN4O4. The molecule has 4 N–H and O–H groups in total. The van der Waals surface area contributed by atoms with E-state index in [4.69, 9.17) is 16.3 Å². The Labute approximate surface area is 235 Å². The molecule has 40 heavy (non-hydrogen) atoms. The average molecular weight is 565 g/mol. The number of methoxy groups -OCH3 is 1. The van der Waals surface area contributed by atoms with E-state index in [2.05, 4.69) is 20.6 Å². The van der Waals surface area contributed by atoms with Crippen molar-refractivity contribution in [2.45, 2.75) is 38.3 Å². The molecule has 1 aliphatic rings. The van der Waals surface area contributed by atoms with E-state index < -0.39 is 11.7 Å². The van der Waals surface area contributed by atoms with Crippen LogP contribution in [-0.2, 0) is 6.54 Å². The van der Waals surface area contributed by atoms with Gasteiger partial charge in [0.2, 0.25) is 0 Å². The molecule has 4 aromatic rings. The number of aliphatic hydroxyl groups excluding tert-OH is 1. The predicted octanol–water partition coefficient (Wildman–Crippen LogP) is 5.49. The van der Waals surface area contributed by atoms with E-state index in [1.54, 1.807) is 30.6 Å². The van der Waals surface area contributed by atoms with Crippen LogP contribution in [0.3, 0.4) is 0 Å². The third kappa shape index (κ3) is 5.80. The summed E-state index contributed by atoms with van der Waals surface area (Å²) in [5.41, 5.74) is 2.95. The van der Waals surface area contributed by atoms with Gasteiger partial charge in [-0.05, 0) is 73.6 Å². The number of hydrogen-bond donors (Lipinski definition) is 4. The third-order valence-electron chi connectivity index (χ3n) is 7.42. The number of pyridine rings is 1. The maximum absolute atomic E-state index is 13.7. The van der Waals surface area contributed by atoms with E-state index in [1.807, 2.05) is 6.07 Å². The van der Waals surface area contributed by atoms with Gasteiger partial charge >= 0.3 is 0 Å². The molecule has 1 saturated carbocycles. The molecule has 1 amide bonds. The van der Waals surface area contributed by atoms with Crippen LogP contribution in [-0.4, -0.2) is 46.5 Å². The lowest BCUT2D eigenvalue weighted by Crippen LogP contribution is -2.27. The van der Waals surface area contributed by atoms with Crippen molar-refractivity contribution in [2.24, 2.45) is 5.92 Å². The number of amides is 1. The maximum atomic E-state index is 13.7. The fourth-order valence-electron chi connectivity index (χ4n) is 5.20. The number of H-pyrrole nitrogens is 1. The van der Waals surface area contributed by atoms with Crippen molar-refractivity contribution in [1.29, 1.82) is 0 Å². The second-order valence-electron chi connectivity index (χ2n) is 10.00. The van der Waals surface area contributed by atoms with Gasteiger partial charge in [0.05, 0.1) is 28.6 Å². The topological polar surface area (TPSA) is 116 Å². The molecule has 1 aliphatic carbocycles. The number of nitrogens with one attached hydrogen (secondary N) is 3. The van der Waals surface area contributed by atoms with Crippen LogP contribution in [0.1, 0.15) is 57.5 Å². The number of halogens is 2. The molecule has 8 nitrogen and oxygen atoms in total. The molecular weight excluding hydrogens is 535 g/mol. The fourth-order valence-corrected chi connectivity index (χ4v) is 5.49. The lowest BCUT2D eigenvalue weighted by molar-refractivity contribution is 0.0946. The SMILES string of the molecule is COc1ccc(F)cc1C(=O)NCc1ccc(C(=O)c2c[nH]c3nccc(NC4CCC(CO)CC4)c23)c(Cl)c1. The second-order valence-corrected chi connectivity index (χ2v) is 10.4. The van der Waals surface area contributed by atoms with Gasteiger partial charge in [-0.3, -0.25) is 9.59 Å². The summed E-state index contributed by atoms with van der Waals surface area (Å²) in [6, 6.07) is 10.8. The molecule has 0 bridgehead atoms. The molecule has 0 radical (unpaired) electrons. The lowest BCUT2D eigenvalue weighted by atomic mass is 9.86. The Hall–Kier alpha value is -3.95. The number of rotatable bonds is 9. The number of nitrogens with zero attached hydrogens (tertiary/aromatic N) is 1. The molecule has 0 aliphatic heterocycles. The van der Waals surface area contributed by atoms with Crippen LogP contribution in [0, 0.1) is 11.7 Å². The normalized spacial score (nSPS) is 17.0. The molecule has 0 unspecified atom stereocenters. The summed E-state index contributed by atoms with van der Waals surface area (Å²) in [4.78, 5) is 33.7. The highest BCUT2D eigenvalue weighted by atomic mass is 35.5. The van der Waals surface area contributed by atoms with E-state index >= 15 is 0 Å². The highest BCUT2D eigenvalue weighted by molar-refractivity contribution is 6.35. The van der Waals surface area contributed by atoms with E-state index in [9.17, 15) is 19.1 Å². The van der Waals surface area contributed by atoms with Gasteiger partial charge in [-0.2, -0.15) is 0 Å². The van der Waals surface area contributed by atoms with Gasteiger partial charge in [0, 0.05) is 42.8 Å². The van der Waals surface area contributed by atoms with Gasteiger partial charge in [0.1, 0.15) is 17.2 Å². The number of aromatic nitrogens is 2. The Kier molecular flexibility index (Phi) is 8.32. The average Bonchev–Trinajstić information content (AvgIpc) is 3.41. The standard InChI is InChI=1S/C30H30ClFN4O4/c1-40-26-9-5-19(32)13-22(26)30(39)35-14-18-4-8-21(24(31)12-18)28(38)23-15-34-29-27(23)25(10-11-33-29)36-20-6-2-17(16-37)3-7-20/h4-5,8-13,15,17,20,37H,2-3,6-7,14,16H2,1H3,(H,35,39)(H2,33,34,36). The number of ketones is 1. The van der Waals surface area contributed by atoms with Crippen LogP contribution in [0.15, 0.2) is 54.9 Å². The molecule has 0 spiro atoms. The summed E-state index contributed by atoms with van der Waals surface area (Å²) in [5, 5.41) is 16.7. The number of fused-ring (bicyclic) bond motifs is 1. The smallest absolute Gasteiger partial charge is 0.255 e. The predicted molar refractivity (Wildman–Crippen MR) is 152 cm³/mol. The van der Waals surface area contributed by atoms with Crippen molar-refractivity contribution in [3.63, 3.8) is 0 Å². The number of carbonyl (C=O) groups is 2. The molecule has 2 heterocycles. The van der Waals surface area contributed by atoms with E-state index in [1.165, 1.54) is 19.2 Å². The van der Waals surface area contributed by atoms with Crippen LogP contribution in [0.4, 0.5) is 10.1 Å². The maximum Gasteiger partial charge on any atom is 0.255 e. The summed E-state index contributed by atoms with van der Waals surface area (Å²) >= 11 is 6.55. The number of anilines is 1. The van der Waals surface area contributed by atoms with Crippen LogP contribution < -0.4 is 15.4 Å². The molecule has 2 aromatic carbocycles. The minimum Gasteiger partial charge on any atom is -0.496 e. The Bertz CT molecular complexity index is 1550. The molecule has 5 rings (SSSR count). The Morgan fingerprint density at radius 2 is 1.90 bits per heavy atom. The van der Waals surface area contributed by atoms with Crippen LogP contribution >= 0.6 is 11.6 Å². The third-order valence-corrected chi connectivity index (χ3v) is 7.73. The number of ether oxygens (including phenoxy) is 1. The van der Waals surface area contributed by atoms with Crippen molar-refractivity contribution >= 4 is 40.0 Å². The monoisotopic (exact) mass is 564 g/mol. The minimum atomic E-state index is -0.545. The van der Waals surface area contributed by atoms with E-state index in [-0.39, 0.29) is 41.3 Å². The molecule has 0 atom stereocenters. The summed E-state index contributed by atoms with van der Waals surface area (Å²) in [7, 11) is 1.41. The Morgan fingerprint density at radius 1 is 1.10 bits per heavy atom. The minimum absolute atomic E-state index is 0.0826. The highest BCUT2D eigenvalue weighted by Crippen LogP contribution is 2.32. The highest BCUT2D eigenvalue weighted by Gasteiger charge is 2.24. The van der Waals surface area contributed by atoms with Gasteiger partial charge < -0.3 is 25.5 Å². The molecule has 10 heteroatoms. The van der Waals surface area contributed by atoms with Crippen molar-refractivity contribution in [1.82, 2.24) is 15.3 Å². The van der Waals surface area contributed by atoms with Crippen LogP contribution in [0.5, 0.6) is 5.75 Å². The summed E-state index contributed by atoms with van der Waals surface area (Å²) in [6.07, 6.45) is 7.14. The van der Waals surface area contributed by atoms with Crippen molar-refractivity contribution in [3.8, 4) is 5.75 Å². The fraction of sp³-hybridized carbons (Fsp3) is 0.300. The first-order valence-corrected chi connectivity index (χ1v) is 13.5. The zero-order chi connectivity index (χ0) is 28.2. The van der Waals surface area contributed by atoms with Crippen molar-refractivity contribution in [2.75, 3.05) is 19.0 Å². The van der Waals surface area contributed by atoms with Gasteiger partial charge in [-0.25, -0.2) is 9.37 Å². The zero-order valence-electron chi connectivity index (χ0n) is 22.0. The molecule has 2 aromatic heterocycles. The first-order chi connectivity index (χ1) is 19.4. The van der Waals surface area contributed by atoms with Crippen molar-refractivity contribution in [3.05, 3.63) is 88.0 Å². The molecule has 1 fully saturated rings. The van der Waals surface area contributed by atoms with Crippen LogP contribution in [0.25, 0.3) is 11.0 Å². The number of aromatic amines is 1. The van der Waals surface area contributed by atoms with Crippen molar-refractivity contribution < 1.29 is 23.8 Å². The van der Waals surface area contributed by atoms with Gasteiger partial charge in [-0.15, -0.1) is 0 Å². The first kappa shape index (κ1) is 27.6. The Balaban J connectivity index is 1.32. The largest absolute Gasteiger partial charge is 0.496 e. The molecule has 208 valence electrons. The number of hydrogen-bond acceptors (Lipinski definition) is 6. The second kappa shape index (κ2) is 12.1. The zero-order valence-corrected chi connectivity index (χ0v) is 22.7. The van der Waals surface area contributed by atoms with E-state index in [0.29, 0.717) is 33.6 Å². The number of carbonyl (C=O) groups excluding carboxylic acids is 2. The molecule has 0 saturated heterocycles. The van der Waals surface area contributed by atoms with Gasteiger partial charge in [0.15, 0.2) is 5.78 Å². The number of aliphatic hydroxyl groups is 1. The number of benzene rings is 2. The summed E-state index contributed by atoms with van der Waals surface area (Å²) in [5.74, 6) is -0.683. The van der Waals surface area contributed by atoms with Gasteiger partial charge in [0.25, 0.3) is 5.91 Å². The van der Waals surface area contributed by atoms with Gasteiger partial charge in [-0.1, -0.05) is 17.7 Å². The quantitative estimate of drug-likeness (QED) is 0.200. The lowest BCUT2D eigenvalue weighted by Gasteiger charge is -2.29. The Morgan fingerprint density at radius 3 is 2.62 bits per heavy atom. The van der Waals surface area contributed by atoms with E-state index in [0.717, 1.165) is 37.4 Å². The summed E-state index contributed by atoms with van der Waals surface area (Å²) < 4.78 is 18.8.